The number of carboxylic acids is 1. The average molecular weight is 276 g/mol. The number of carboxylic acid groups (broad SMARTS) is 1. The summed E-state index contributed by atoms with van der Waals surface area (Å²) >= 11 is 0. The van der Waals surface area contributed by atoms with Gasteiger partial charge in [0, 0.05) is 19.2 Å². The topological polar surface area (TPSA) is 70.5 Å². The highest BCUT2D eigenvalue weighted by molar-refractivity contribution is 5.79. The van der Waals surface area contributed by atoms with E-state index in [1.807, 2.05) is 19.1 Å². The quantitative estimate of drug-likeness (QED) is 0.915. The molecule has 0 saturated carbocycles. The molecule has 0 spiro atoms. The van der Waals surface area contributed by atoms with Crippen molar-refractivity contribution < 1.29 is 14.7 Å². The number of aliphatic carboxylic acids is 1. The Morgan fingerprint density at radius 3 is 2.90 bits per heavy atom. The molecule has 5 nitrogen and oxygen atoms in total. The molecule has 2 rings (SSSR count). The number of hydrogen-bond acceptors (Lipinski definition) is 3. The van der Waals surface area contributed by atoms with Gasteiger partial charge in [-0.15, -0.1) is 0 Å². The zero-order valence-corrected chi connectivity index (χ0v) is 11.7. The van der Waals surface area contributed by atoms with E-state index in [1.165, 1.54) is 0 Å². The minimum atomic E-state index is -0.851. The van der Waals surface area contributed by atoms with Crippen molar-refractivity contribution in [3.8, 4) is 0 Å². The lowest BCUT2D eigenvalue weighted by Gasteiger charge is -2.32. The molecule has 1 aliphatic heterocycles. The van der Waals surface area contributed by atoms with Gasteiger partial charge < -0.3 is 10.0 Å². The molecule has 1 fully saturated rings. The molecule has 1 aliphatic rings. The Balaban J connectivity index is 2.43. The Kier molecular flexibility index (Phi) is 4.71. The van der Waals surface area contributed by atoms with Crippen LogP contribution in [0.4, 0.5) is 0 Å². The minimum Gasteiger partial charge on any atom is -0.481 e. The highest BCUT2D eigenvalue weighted by Gasteiger charge is 2.38. The first-order valence-corrected chi connectivity index (χ1v) is 7.08. The number of rotatable bonds is 4. The first-order valence-electron chi connectivity index (χ1n) is 7.08. The molecule has 2 heterocycles. The standard InChI is InChI=1S/C15H20N2O3/c1-2-10-17-13(18)8-5-6-11(15(19)20)14(17)12-7-3-4-9-16-12/h3-4,7,9,11,14H,2,5-6,8,10H2,1H3,(H,19,20). The summed E-state index contributed by atoms with van der Waals surface area (Å²) in [5.41, 5.74) is 0.670. The lowest BCUT2D eigenvalue weighted by molar-refractivity contribution is -0.146. The summed E-state index contributed by atoms with van der Waals surface area (Å²) in [5, 5.41) is 9.50. The van der Waals surface area contributed by atoms with Gasteiger partial charge in [-0.2, -0.15) is 0 Å². The normalized spacial score (nSPS) is 23.4. The van der Waals surface area contributed by atoms with E-state index in [-0.39, 0.29) is 5.91 Å². The summed E-state index contributed by atoms with van der Waals surface area (Å²) in [6, 6.07) is 4.98. The molecule has 108 valence electrons. The lowest BCUT2D eigenvalue weighted by atomic mass is 9.92. The molecule has 1 N–H and O–H groups in total. The van der Waals surface area contributed by atoms with Crippen LogP contribution in [0.1, 0.15) is 44.3 Å². The molecule has 1 saturated heterocycles. The van der Waals surface area contributed by atoms with Crippen LogP contribution in [0.2, 0.25) is 0 Å². The van der Waals surface area contributed by atoms with Gasteiger partial charge in [0.05, 0.1) is 17.7 Å². The molecule has 1 aromatic heterocycles. The number of hydrogen-bond donors (Lipinski definition) is 1. The highest BCUT2D eigenvalue weighted by atomic mass is 16.4. The van der Waals surface area contributed by atoms with Gasteiger partial charge in [0.2, 0.25) is 5.91 Å². The van der Waals surface area contributed by atoms with Gasteiger partial charge in [0.1, 0.15) is 0 Å². The molecule has 1 amide bonds. The Hall–Kier alpha value is -1.91. The second-order valence-electron chi connectivity index (χ2n) is 5.12. The molecule has 20 heavy (non-hydrogen) atoms. The van der Waals surface area contributed by atoms with Crippen LogP contribution < -0.4 is 0 Å². The smallest absolute Gasteiger partial charge is 0.309 e. The summed E-state index contributed by atoms with van der Waals surface area (Å²) in [5.74, 6) is -1.40. The van der Waals surface area contributed by atoms with Gasteiger partial charge in [-0.1, -0.05) is 13.0 Å². The largest absolute Gasteiger partial charge is 0.481 e. The molecule has 0 aromatic carbocycles. The van der Waals surface area contributed by atoms with E-state index in [2.05, 4.69) is 4.98 Å². The fourth-order valence-corrected chi connectivity index (χ4v) is 2.83. The van der Waals surface area contributed by atoms with Gasteiger partial charge in [0.25, 0.3) is 0 Å². The molecule has 5 heteroatoms. The van der Waals surface area contributed by atoms with E-state index >= 15 is 0 Å². The summed E-state index contributed by atoms with van der Waals surface area (Å²) < 4.78 is 0. The van der Waals surface area contributed by atoms with Crippen LogP contribution >= 0.6 is 0 Å². The van der Waals surface area contributed by atoms with Crippen LogP contribution in [-0.2, 0) is 9.59 Å². The van der Waals surface area contributed by atoms with Crippen molar-refractivity contribution >= 4 is 11.9 Å². The van der Waals surface area contributed by atoms with Crippen LogP contribution in [0.3, 0.4) is 0 Å². The number of likely N-dealkylation sites (tertiary alicyclic amines) is 1. The number of carbonyl (C=O) groups is 2. The Morgan fingerprint density at radius 2 is 2.30 bits per heavy atom. The lowest BCUT2D eigenvalue weighted by Crippen LogP contribution is -2.39. The van der Waals surface area contributed by atoms with Gasteiger partial charge in [-0.05, 0) is 31.4 Å². The third-order valence-electron chi connectivity index (χ3n) is 3.72. The van der Waals surface area contributed by atoms with Crippen LogP contribution in [0.5, 0.6) is 0 Å². The molecule has 2 atom stereocenters. The van der Waals surface area contributed by atoms with Gasteiger partial charge in [-0.25, -0.2) is 0 Å². The second kappa shape index (κ2) is 6.50. The molecule has 0 aliphatic carbocycles. The van der Waals surface area contributed by atoms with E-state index < -0.39 is 17.9 Å². The summed E-state index contributed by atoms with van der Waals surface area (Å²) in [6.07, 6.45) is 4.02. The minimum absolute atomic E-state index is 0.0336. The van der Waals surface area contributed by atoms with Crippen LogP contribution in [0.15, 0.2) is 24.4 Å². The maximum absolute atomic E-state index is 12.3. The van der Waals surface area contributed by atoms with E-state index in [1.54, 1.807) is 17.2 Å². The van der Waals surface area contributed by atoms with Crippen molar-refractivity contribution in [3.05, 3.63) is 30.1 Å². The first-order chi connectivity index (χ1) is 9.65. The number of aromatic nitrogens is 1. The van der Waals surface area contributed by atoms with Gasteiger partial charge in [-0.3, -0.25) is 14.6 Å². The Bertz CT molecular complexity index is 475. The van der Waals surface area contributed by atoms with Crippen LogP contribution in [-0.4, -0.2) is 33.4 Å². The Labute approximate surface area is 118 Å². The summed E-state index contributed by atoms with van der Waals surface area (Å²) in [7, 11) is 0. The van der Waals surface area contributed by atoms with E-state index in [0.717, 1.165) is 6.42 Å². The van der Waals surface area contributed by atoms with Crippen LogP contribution in [0.25, 0.3) is 0 Å². The number of pyridine rings is 1. The molecular weight excluding hydrogens is 256 g/mol. The highest BCUT2D eigenvalue weighted by Crippen LogP contribution is 2.35. The monoisotopic (exact) mass is 276 g/mol. The molecule has 1 aromatic rings. The summed E-state index contributed by atoms with van der Waals surface area (Å²) in [6.45, 7) is 2.56. The van der Waals surface area contributed by atoms with Crippen molar-refractivity contribution in [2.24, 2.45) is 5.92 Å². The SMILES string of the molecule is CCCN1C(=O)CCCC(C(=O)O)C1c1ccccn1. The third-order valence-corrected chi connectivity index (χ3v) is 3.72. The van der Waals surface area contributed by atoms with E-state index in [0.29, 0.717) is 31.5 Å². The van der Waals surface area contributed by atoms with Crippen molar-refractivity contribution in [1.29, 1.82) is 0 Å². The molecular formula is C15H20N2O3. The number of carbonyl (C=O) groups excluding carboxylic acids is 1. The predicted octanol–water partition coefficient (Wildman–Crippen LogP) is 2.25. The fourth-order valence-electron chi connectivity index (χ4n) is 2.83. The Morgan fingerprint density at radius 1 is 1.50 bits per heavy atom. The fraction of sp³-hybridized carbons (Fsp3) is 0.533. The zero-order valence-electron chi connectivity index (χ0n) is 11.7. The maximum Gasteiger partial charge on any atom is 0.309 e. The number of amides is 1. The van der Waals surface area contributed by atoms with Crippen LogP contribution in [0, 0.1) is 5.92 Å². The second-order valence-corrected chi connectivity index (χ2v) is 5.12. The van der Waals surface area contributed by atoms with Gasteiger partial charge >= 0.3 is 5.97 Å². The molecule has 0 bridgehead atoms. The third kappa shape index (κ3) is 2.98. The predicted molar refractivity (Wildman–Crippen MR) is 74.0 cm³/mol. The average Bonchev–Trinajstić information content (AvgIpc) is 2.60. The van der Waals surface area contributed by atoms with E-state index in [4.69, 9.17) is 0 Å². The van der Waals surface area contributed by atoms with E-state index in [9.17, 15) is 14.7 Å². The number of nitrogens with zero attached hydrogens (tertiary/aromatic N) is 2. The van der Waals surface area contributed by atoms with Gasteiger partial charge in [0.15, 0.2) is 0 Å². The van der Waals surface area contributed by atoms with Crippen molar-refractivity contribution in [2.45, 2.75) is 38.6 Å². The van der Waals surface area contributed by atoms with Crippen molar-refractivity contribution in [2.75, 3.05) is 6.54 Å². The van der Waals surface area contributed by atoms with Crippen molar-refractivity contribution in [3.63, 3.8) is 0 Å². The van der Waals surface area contributed by atoms with Crippen molar-refractivity contribution in [1.82, 2.24) is 9.88 Å². The zero-order chi connectivity index (χ0) is 14.5. The first kappa shape index (κ1) is 14.5. The maximum atomic E-state index is 12.3. The molecule has 0 radical (unpaired) electrons. The summed E-state index contributed by atoms with van der Waals surface area (Å²) in [4.78, 5) is 29.8. The molecule has 2 unspecified atom stereocenters.